The molecule has 1 N–H and O–H groups in total. The minimum atomic E-state index is -3.31. The van der Waals surface area contributed by atoms with E-state index in [9.17, 15) is 18.0 Å². The Kier molecular flexibility index (Phi) is 5.03. The predicted octanol–water partition coefficient (Wildman–Crippen LogP) is 1.75. The standard InChI is InChI=1S/C19H19NO6S/c1-12(13-3-6-15(7-4-13)27(2,24)25)20-16-9-14(17(22)10-21)5-8-18(16)26-11-19(20)23/h3-9,12,21H,10-11H2,1-2H3. The van der Waals surface area contributed by atoms with Gasteiger partial charge in [0.25, 0.3) is 5.91 Å². The van der Waals surface area contributed by atoms with Crippen molar-refractivity contribution in [1.29, 1.82) is 0 Å². The topological polar surface area (TPSA) is 101 Å². The summed E-state index contributed by atoms with van der Waals surface area (Å²) in [7, 11) is -3.31. The molecule has 0 aromatic heterocycles. The third kappa shape index (κ3) is 3.72. The van der Waals surface area contributed by atoms with E-state index >= 15 is 0 Å². The van der Waals surface area contributed by atoms with Crippen molar-refractivity contribution in [3.05, 3.63) is 53.6 Å². The molecule has 0 bridgehead atoms. The molecule has 0 spiro atoms. The normalized spacial score (nSPS) is 15.1. The van der Waals surface area contributed by atoms with Gasteiger partial charge in [0, 0.05) is 11.8 Å². The Labute approximate surface area is 157 Å². The van der Waals surface area contributed by atoms with Gasteiger partial charge in [-0.05, 0) is 42.8 Å². The van der Waals surface area contributed by atoms with Crippen LogP contribution in [0.3, 0.4) is 0 Å². The summed E-state index contributed by atoms with van der Waals surface area (Å²) >= 11 is 0. The number of Topliss-reactive ketones (excluding diaryl/α,β-unsaturated/α-hetero) is 1. The molecule has 2 aromatic carbocycles. The van der Waals surface area contributed by atoms with E-state index in [0.717, 1.165) is 11.8 Å². The van der Waals surface area contributed by atoms with Crippen LogP contribution in [0.15, 0.2) is 47.4 Å². The van der Waals surface area contributed by atoms with Gasteiger partial charge in [0.15, 0.2) is 22.2 Å². The Bertz CT molecular complexity index is 997. The summed E-state index contributed by atoms with van der Waals surface area (Å²) in [5, 5.41) is 9.08. The maximum atomic E-state index is 12.5. The summed E-state index contributed by atoms with van der Waals surface area (Å²) < 4.78 is 28.7. The second-order valence-corrected chi connectivity index (χ2v) is 8.35. The number of hydrogen-bond donors (Lipinski definition) is 1. The third-order valence-corrected chi connectivity index (χ3v) is 5.61. The van der Waals surface area contributed by atoms with E-state index in [-0.39, 0.29) is 23.0 Å². The number of ether oxygens (including phenoxy) is 1. The van der Waals surface area contributed by atoms with Crippen molar-refractivity contribution in [3.8, 4) is 5.75 Å². The lowest BCUT2D eigenvalue weighted by Crippen LogP contribution is -2.40. The zero-order chi connectivity index (χ0) is 19.8. The van der Waals surface area contributed by atoms with Crippen molar-refractivity contribution in [2.24, 2.45) is 0 Å². The van der Waals surface area contributed by atoms with Crippen molar-refractivity contribution in [2.75, 3.05) is 24.4 Å². The third-order valence-electron chi connectivity index (χ3n) is 4.48. The van der Waals surface area contributed by atoms with Crippen LogP contribution in [0.2, 0.25) is 0 Å². The highest BCUT2D eigenvalue weighted by Gasteiger charge is 2.31. The number of amides is 1. The number of nitrogens with zero attached hydrogens (tertiary/aromatic N) is 1. The summed E-state index contributed by atoms with van der Waals surface area (Å²) in [5.41, 5.74) is 1.45. The van der Waals surface area contributed by atoms with Gasteiger partial charge in [0.1, 0.15) is 12.4 Å². The van der Waals surface area contributed by atoms with Gasteiger partial charge in [-0.1, -0.05) is 12.1 Å². The van der Waals surface area contributed by atoms with Crippen molar-refractivity contribution in [2.45, 2.75) is 17.9 Å². The fraction of sp³-hybridized carbons (Fsp3) is 0.263. The van der Waals surface area contributed by atoms with Crippen molar-refractivity contribution in [3.63, 3.8) is 0 Å². The van der Waals surface area contributed by atoms with Crippen molar-refractivity contribution < 1.29 is 27.9 Å². The number of anilines is 1. The fourth-order valence-electron chi connectivity index (χ4n) is 3.00. The van der Waals surface area contributed by atoms with E-state index in [1.165, 1.54) is 29.2 Å². The molecule has 0 aliphatic carbocycles. The van der Waals surface area contributed by atoms with Crippen LogP contribution < -0.4 is 9.64 Å². The Hall–Kier alpha value is -2.71. The summed E-state index contributed by atoms with van der Waals surface area (Å²) in [6.07, 6.45) is 1.13. The quantitative estimate of drug-likeness (QED) is 0.782. The molecule has 0 radical (unpaired) electrons. The first kappa shape index (κ1) is 19.1. The van der Waals surface area contributed by atoms with E-state index < -0.39 is 28.3 Å². The zero-order valence-electron chi connectivity index (χ0n) is 14.9. The lowest BCUT2D eigenvalue weighted by Gasteiger charge is -2.34. The average molecular weight is 389 g/mol. The molecule has 1 aliphatic rings. The van der Waals surface area contributed by atoms with Crippen LogP contribution in [0.1, 0.15) is 28.9 Å². The molecule has 7 nitrogen and oxygen atoms in total. The monoisotopic (exact) mass is 389 g/mol. The number of ketones is 1. The summed E-state index contributed by atoms with van der Waals surface area (Å²) in [5.74, 6) is -0.277. The molecular formula is C19H19NO6S. The lowest BCUT2D eigenvalue weighted by molar-refractivity contribution is -0.121. The molecular weight excluding hydrogens is 370 g/mol. The number of rotatable bonds is 5. The number of sulfone groups is 1. The van der Waals surface area contributed by atoms with E-state index in [1.807, 2.05) is 6.92 Å². The molecule has 3 rings (SSSR count). The molecule has 8 heteroatoms. The Balaban J connectivity index is 2.01. The van der Waals surface area contributed by atoms with Gasteiger partial charge in [0.2, 0.25) is 0 Å². The summed E-state index contributed by atoms with van der Waals surface area (Å²) in [4.78, 5) is 26.0. The molecule has 27 heavy (non-hydrogen) atoms. The number of fused-ring (bicyclic) bond motifs is 1. The summed E-state index contributed by atoms with van der Waals surface area (Å²) in [6, 6.07) is 10.6. The number of carbonyl (C=O) groups excluding carboxylic acids is 2. The van der Waals surface area contributed by atoms with Gasteiger partial charge in [-0.15, -0.1) is 0 Å². The van der Waals surface area contributed by atoms with E-state index in [4.69, 9.17) is 9.84 Å². The van der Waals surface area contributed by atoms with Crippen LogP contribution in [-0.2, 0) is 14.6 Å². The molecule has 2 aromatic rings. The highest BCUT2D eigenvalue weighted by atomic mass is 32.2. The molecule has 0 fully saturated rings. The minimum absolute atomic E-state index is 0.133. The molecule has 0 saturated heterocycles. The SMILES string of the molecule is CC(c1ccc(S(C)(=O)=O)cc1)N1C(=O)COc2ccc(C(=O)CO)cc21. The first-order valence-electron chi connectivity index (χ1n) is 8.25. The fourth-order valence-corrected chi connectivity index (χ4v) is 3.63. The highest BCUT2D eigenvalue weighted by molar-refractivity contribution is 7.90. The maximum absolute atomic E-state index is 12.5. The maximum Gasteiger partial charge on any atom is 0.265 e. The van der Waals surface area contributed by atoms with Gasteiger partial charge in [-0.3, -0.25) is 14.5 Å². The highest BCUT2D eigenvalue weighted by Crippen LogP contribution is 2.38. The molecule has 1 aliphatic heterocycles. The van der Waals surface area contributed by atoms with Gasteiger partial charge in [-0.25, -0.2) is 8.42 Å². The van der Waals surface area contributed by atoms with E-state index in [1.54, 1.807) is 18.2 Å². The molecule has 0 saturated carbocycles. The van der Waals surface area contributed by atoms with Gasteiger partial charge >= 0.3 is 0 Å². The van der Waals surface area contributed by atoms with Crippen LogP contribution in [0.25, 0.3) is 0 Å². The van der Waals surface area contributed by atoms with Crippen molar-refractivity contribution >= 4 is 27.2 Å². The van der Waals surface area contributed by atoms with Crippen LogP contribution >= 0.6 is 0 Å². The lowest BCUT2D eigenvalue weighted by atomic mass is 10.0. The van der Waals surface area contributed by atoms with Gasteiger partial charge in [-0.2, -0.15) is 0 Å². The molecule has 142 valence electrons. The first-order valence-corrected chi connectivity index (χ1v) is 10.1. The van der Waals surface area contributed by atoms with E-state index in [2.05, 4.69) is 0 Å². The number of benzene rings is 2. The number of aliphatic hydroxyl groups is 1. The largest absolute Gasteiger partial charge is 0.482 e. The Morgan fingerprint density at radius 2 is 1.89 bits per heavy atom. The van der Waals surface area contributed by atoms with Crippen LogP contribution in [-0.4, -0.2) is 44.7 Å². The number of carbonyl (C=O) groups is 2. The van der Waals surface area contributed by atoms with Crippen molar-refractivity contribution in [1.82, 2.24) is 0 Å². The van der Waals surface area contributed by atoms with E-state index in [0.29, 0.717) is 11.4 Å². The zero-order valence-corrected chi connectivity index (χ0v) is 15.7. The van der Waals surface area contributed by atoms with Gasteiger partial charge in [0.05, 0.1) is 16.6 Å². The molecule has 1 heterocycles. The average Bonchev–Trinajstić information content (AvgIpc) is 2.65. The first-order chi connectivity index (χ1) is 12.7. The number of aliphatic hydroxyl groups excluding tert-OH is 1. The smallest absolute Gasteiger partial charge is 0.265 e. The van der Waals surface area contributed by atoms with Crippen LogP contribution in [0.5, 0.6) is 5.75 Å². The Morgan fingerprint density at radius 1 is 1.22 bits per heavy atom. The second kappa shape index (κ2) is 7.13. The summed E-state index contributed by atoms with van der Waals surface area (Å²) in [6.45, 7) is 1.05. The Morgan fingerprint density at radius 3 is 2.48 bits per heavy atom. The molecule has 1 atom stereocenters. The van der Waals surface area contributed by atoms with Crippen LogP contribution in [0.4, 0.5) is 5.69 Å². The molecule has 1 unspecified atom stereocenters. The number of hydrogen-bond acceptors (Lipinski definition) is 6. The predicted molar refractivity (Wildman–Crippen MR) is 98.8 cm³/mol. The second-order valence-electron chi connectivity index (χ2n) is 6.33. The minimum Gasteiger partial charge on any atom is -0.482 e. The van der Waals surface area contributed by atoms with Crippen LogP contribution in [0, 0.1) is 0 Å². The molecule has 1 amide bonds. The van der Waals surface area contributed by atoms with Gasteiger partial charge < -0.3 is 9.84 Å².